The van der Waals surface area contributed by atoms with Gasteiger partial charge < -0.3 is 0 Å². The summed E-state index contributed by atoms with van der Waals surface area (Å²) in [5, 5.41) is 5.17. The van der Waals surface area contributed by atoms with Crippen LogP contribution in [-0.4, -0.2) is 34.2 Å². The highest BCUT2D eigenvalue weighted by molar-refractivity contribution is 7.90. The SMILES string of the molecule is C[C@H]1Cc2cc(S(N)(=O)=O)ccc2N1S(=O)(=O)N(C)Cc1ccccc1. The molecule has 3 rings (SSSR count). The third kappa shape index (κ3) is 3.48. The maximum Gasteiger partial charge on any atom is 0.304 e. The van der Waals surface area contributed by atoms with Gasteiger partial charge in [0.1, 0.15) is 0 Å². The molecule has 0 unspecified atom stereocenters. The lowest BCUT2D eigenvalue weighted by Crippen LogP contribution is -2.44. The fraction of sp³-hybridized carbons (Fsp3) is 0.294. The smallest absolute Gasteiger partial charge is 0.254 e. The lowest BCUT2D eigenvalue weighted by atomic mass is 10.1. The number of hydrogen-bond donors (Lipinski definition) is 1. The Morgan fingerprint density at radius 2 is 1.77 bits per heavy atom. The van der Waals surface area contributed by atoms with Crippen LogP contribution in [0.25, 0.3) is 0 Å². The molecule has 140 valence electrons. The Labute approximate surface area is 154 Å². The van der Waals surface area contributed by atoms with Crippen LogP contribution in [0.3, 0.4) is 0 Å². The van der Waals surface area contributed by atoms with E-state index in [-0.39, 0.29) is 17.5 Å². The summed E-state index contributed by atoms with van der Waals surface area (Å²) in [5.74, 6) is 0. The van der Waals surface area contributed by atoms with Gasteiger partial charge in [0.15, 0.2) is 0 Å². The van der Waals surface area contributed by atoms with E-state index in [1.165, 1.54) is 33.9 Å². The van der Waals surface area contributed by atoms with Crippen molar-refractivity contribution < 1.29 is 16.8 Å². The molecule has 2 N–H and O–H groups in total. The van der Waals surface area contributed by atoms with Crippen LogP contribution >= 0.6 is 0 Å². The molecule has 1 heterocycles. The standard InChI is InChI=1S/C17H21N3O4S2/c1-13-10-15-11-16(25(18,21)22)8-9-17(15)20(13)26(23,24)19(2)12-14-6-4-3-5-7-14/h3-9,11,13H,10,12H2,1-2H3,(H2,18,21,22)/t13-/m0/s1. The minimum Gasteiger partial charge on any atom is -0.254 e. The van der Waals surface area contributed by atoms with E-state index < -0.39 is 20.2 Å². The van der Waals surface area contributed by atoms with Gasteiger partial charge in [0.05, 0.1) is 10.6 Å². The largest absolute Gasteiger partial charge is 0.304 e. The van der Waals surface area contributed by atoms with Crippen molar-refractivity contribution >= 4 is 25.9 Å². The summed E-state index contributed by atoms with van der Waals surface area (Å²) in [7, 11) is -6.06. The molecule has 0 aromatic heterocycles. The average Bonchev–Trinajstić information content (AvgIpc) is 2.90. The minimum atomic E-state index is -3.83. The minimum absolute atomic E-state index is 0.0136. The molecular weight excluding hydrogens is 374 g/mol. The third-order valence-electron chi connectivity index (χ3n) is 4.42. The molecule has 1 aliphatic heterocycles. The number of rotatable bonds is 5. The average molecular weight is 396 g/mol. The van der Waals surface area contributed by atoms with Gasteiger partial charge in [-0.3, -0.25) is 4.31 Å². The van der Waals surface area contributed by atoms with Crippen molar-refractivity contribution in [1.29, 1.82) is 0 Å². The van der Waals surface area contributed by atoms with Gasteiger partial charge in [-0.2, -0.15) is 12.7 Å². The fourth-order valence-electron chi connectivity index (χ4n) is 3.18. The molecule has 9 heteroatoms. The van der Waals surface area contributed by atoms with E-state index in [0.717, 1.165) is 5.56 Å². The molecule has 0 fully saturated rings. The van der Waals surface area contributed by atoms with E-state index >= 15 is 0 Å². The Kier molecular flexibility index (Phi) is 4.82. The van der Waals surface area contributed by atoms with Crippen molar-refractivity contribution in [2.45, 2.75) is 30.8 Å². The van der Waals surface area contributed by atoms with Gasteiger partial charge in [0, 0.05) is 19.6 Å². The molecule has 7 nitrogen and oxygen atoms in total. The van der Waals surface area contributed by atoms with E-state index in [2.05, 4.69) is 0 Å². The normalized spacial score (nSPS) is 17.5. The quantitative estimate of drug-likeness (QED) is 0.828. The summed E-state index contributed by atoms with van der Waals surface area (Å²) in [6.07, 6.45) is 0.428. The van der Waals surface area contributed by atoms with Gasteiger partial charge in [0.25, 0.3) is 0 Å². The number of fused-ring (bicyclic) bond motifs is 1. The van der Waals surface area contributed by atoms with Gasteiger partial charge in [-0.15, -0.1) is 0 Å². The Morgan fingerprint density at radius 3 is 2.38 bits per heavy atom. The first kappa shape index (κ1) is 18.8. The van der Waals surface area contributed by atoms with E-state index in [1.54, 1.807) is 6.92 Å². The van der Waals surface area contributed by atoms with Gasteiger partial charge >= 0.3 is 10.2 Å². The molecule has 2 aromatic carbocycles. The van der Waals surface area contributed by atoms with Crippen molar-refractivity contribution in [3.63, 3.8) is 0 Å². The Morgan fingerprint density at radius 1 is 1.12 bits per heavy atom. The summed E-state index contributed by atoms with van der Waals surface area (Å²) in [6, 6.07) is 13.3. The van der Waals surface area contributed by atoms with E-state index in [9.17, 15) is 16.8 Å². The van der Waals surface area contributed by atoms with Crippen molar-refractivity contribution in [2.24, 2.45) is 5.14 Å². The molecular formula is C17H21N3O4S2. The number of sulfonamides is 1. The number of primary sulfonamides is 1. The molecule has 26 heavy (non-hydrogen) atoms. The van der Waals surface area contributed by atoms with Crippen molar-refractivity contribution in [2.75, 3.05) is 11.4 Å². The number of benzene rings is 2. The number of anilines is 1. The molecule has 0 saturated carbocycles. The number of hydrogen-bond acceptors (Lipinski definition) is 4. The van der Waals surface area contributed by atoms with Crippen LogP contribution in [0.1, 0.15) is 18.1 Å². The first-order valence-corrected chi connectivity index (χ1v) is 11.0. The summed E-state index contributed by atoms with van der Waals surface area (Å²) in [5.41, 5.74) is 2.03. The second kappa shape index (κ2) is 6.66. The maximum atomic E-state index is 13.1. The first-order chi connectivity index (χ1) is 12.1. The van der Waals surface area contributed by atoms with Crippen LogP contribution in [0.5, 0.6) is 0 Å². The highest BCUT2D eigenvalue weighted by Crippen LogP contribution is 2.36. The summed E-state index contributed by atoms with van der Waals surface area (Å²) < 4.78 is 51.9. The summed E-state index contributed by atoms with van der Waals surface area (Å²) >= 11 is 0. The van der Waals surface area contributed by atoms with Crippen LogP contribution in [0.2, 0.25) is 0 Å². The predicted molar refractivity (Wildman–Crippen MR) is 100 cm³/mol. The van der Waals surface area contributed by atoms with Crippen LogP contribution < -0.4 is 9.44 Å². The molecule has 1 aliphatic rings. The van der Waals surface area contributed by atoms with Gasteiger partial charge in [-0.05, 0) is 42.7 Å². The highest BCUT2D eigenvalue weighted by Gasteiger charge is 2.37. The van der Waals surface area contributed by atoms with Crippen LogP contribution in [0.15, 0.2) is 53.4 Å². The predicted octanol–water partition coefficient (Wildman–Crippen LogP) is 1.46. The van der Waals surface area contributed by atoms with Crippen LogP contribution in [0.4, 0.5) is 5.69 Å². The number of nitrogens with two attached hydrogens (primary N) is 1. The fourth-order valence-corrected chi connectivity index (χ4v) is 5.31. The zero-order valence-corrected chi connectivity index (χ0v) is 16.2. The lowest BCUT2D eigenvalue weighted by Gasteiger charge is -2.29. The van der Waals surface area contributed by atoms with Crippen LogP contribution in [-0.2, 0) is 33.2 Å². The molecule has 2 aromatic rings. The zero-order chi connectivity index (χ0) is 19.1. The molecule has 1 atom stereocenters. The Bertz CT molecular complexity index is 1020. The topological polar surface area (TPSA) is 101 Å². The van der Waals surface area contributed by atoms with Crippen molar-refractivity contribution in [3.05, 3.63) is 59.7 Å². The van der Waals surface area contributed by atoms with Crippen molar-refractivity contribution in [1.82, 2.24) is 4.31 Å². The first-order valence-electron chi connectivity index (χ1n) is 8.06. The number of nitrogens with zero attached hydrogens (tertiary/aromatic N) is 2. The Hall–Kier alpha value is -1.94. The van der Waals surface area contributed by atoms with Gasteiger partial charge in [-0.25, -0.2) is 13.6 Å². The second-order valence-corrected chi connectivity index (χ2v) is 9.91. The van der Waals surface area contributed by atoms with Gasteiger partial charge in [0.2, 0.25) is 10.0 Å². The lowest BCUT2D eigenvalue weighted by molar-refractivity contribution is 0.459. The molecule has 0 spiro atoms. The van der Waals surface area contributed by atoms with Crippen LogP contribution in [0, 0.1) is 0 Å². The molecule has 0 aliphatic carbocycles. The van der Waals surface area contributed by atoms with Crippen molar-refractivity contribution in [3.8, 4) is 0 Å². The third-order valence-corrected chi connectivity index (χ3v) is 7.30. The van der Waals surface area contributed by atoms with E-state index in [0.29, 0.717) is 17.7 Å². The second-order valence-electron chi connectivity index (χ2n) is 6.43. The maximum absolute atomic E-state index is 13.1. The monoisotopic (exact) mass is 395 g/mol. The highest BCUT2D eigenvalue weighted by atomic mass is 32.2. The molecule has 0 amide bonds. The summed E-state index contributed by atoms with van der Waals surface area (Å²) in [4.78, 5) is -0.0136. The Balaban J connectivity index is 1.94. The van der Waals surface area contributed by atoms with Gasteiger partial charge in [-0.1, -0.05) is 30.3 Å². The zero-order valence-electron chi connectivity index (χ0n) is 14.5. The summed E-state index contributed by atoms with van der Waals surface area (Å²) in [6.45, 7) is 2.04. The van der Waals surface area contributed by atoms with E-state index in [1.807, 2.05) is 30.3 Å². The molecule has 0 bridgehead atoms. The molecule has 0 radical (unpaired) electrons. The molecule has 0 saturated heterocycles. The van der Waals surface area contributed by atoms with E-state index in [4.69, 9.17) is 5.14 Å².